The highest BCUT2D eigenvalue weighted by Gasteiger charge is 2.39. The fourth-order valence-electron chi connectivity index (χ4n) is 4.74. The van der Waals surface area contributed by atoms with Gasteiger partial charge in [-0.1, -0.05) is 78.9 Å². The molecule has 6 rings (SSSR count). The Hall–Kier alpha value is -4.64. The summed E-state index contributed by atoms with van der Waals surface area (Å²) in [5.41, 5.74) is 5.63. The lowest BCUT2D eigenvalue weighted by molar-refractivity contribution is 0.0965. The fourth-order valence-corrected chi connectivity index (χ4v) is 4.74. The summed E-state index contributed by atoms with van der Waals surface area (Å²) >= 11 is 0. The molecule has 1 heterocycles. The lowest BCUT2D eigenvalue weighted by Crippen LogP contribution is -2.25. The number of allylic oxidation sites excluding steroid dienone is 4. The number of imidazole rings is 1. The molecule has 0 fully saturated rings. The number of aromatic nitrogens is 2. The van der Waals surface area contributed by atoms with Crippen molar-refractivity contribution in [3.05, 3.63) is 119 Å². The number of hydrogen-bond donors (Lipinski definition) is 0. The third kappa shape index (κ3) is 3.40. The maximum atomic E-state index is 13.6. The molecule has 2 aliphatic carbocycles. The van der Waals surface area contributed by atoms with Crippen molar-refractivity contribution in [2.24, 2.45) is 0 Å². The predicted molar refractivity (Wildman–Crippen MR) is 134 cm³/mol. The third-order valence-corrected chi connectivity index (χ3v) is 6.49. The predicted octanol–water partition coefficient (Wildman–Crippen LogP) is 6.04. The molecule has 0 N–H and O–H groups in total. The zero-order valence-electron chi connectivity index (χ0n) is 18.8. The van der Waals surface area contributed by atoms with Crippen LogP contribution in [-0.4, -0.2) is 27.4 Å². The Labute approximate surface area is 202 Å². The van der Waals surface area contributed by atoms with Gasteiger partial charge in [-0.25, -0.2) is 4.98 Å². The van der Waals surface area contributed by atoms with E-state index >= 15 is 0 Å². The van der Waals surface area contributed by atoms with Gasteiger partial charge in [0.05, 0.1) is 0 Å². The van der Waals surface area contributed by atoms with Crippen molar-refractivity contribution >= 4 is 17.9 Å². The van der Waals surface area contributed by atoms with E-state index in [0.29, 0.717) is 28.2 Å². The minimum atomic E-state index is -0.201. The van der Waals surface area contributed by atoms with Crippen molar-refractivity contribution in [3.63, 3.8) is 0 Å². The first-order valence-corrected chi connectivity index (χ1v) is 11.5. The zero-order valence-corrected chi connectivity index (χ0v) is 18.8. The van der Waals surface area contributed by atoms with Gasteiger partial charge in [-0.2, -0.15) is 0 Å². The molecule has 35 heavy (non-hydrogen) atoms. The summed E-state index contributed by atoms with van der Waals surface area (Å²) in [6.45, 7) is 0. The van der Waals surface area contributed by atoms with Gasteiger partial charge in [0.2, 0.25) is 11.6 Å². The first-order valence-electron chi connectivity index (χ1n) is 11.5. The lowest BCUT2D eigenvalue weighted by atomic mass is 9.84. The molecule has 5 nitrogen and oxygen atoms in total. The van der Waals surface area contributed by atoms with Gasteiger partial charge in [0.25, 0.3) is 0 Å². The van der Waals surface area contributed by atoms with E-state index in [-0.39, 0.29) is 17.3 Å². The van der Waals surface area contributed by atoms with Crippen LogP contribution in [0, 0.1) is 0 Å². The number of fused-ring (bicyclic) bond motifs is 2. The van der Waals surface area contributed by atoms with E-state index in [9.17, 15) is 14.4 Å². The number of carbonyl (C=O) groups excluding carboxylic acids is 3. The Bertz CT molecular complexity index is 1550. The van der Waals surface area contributed by atoms with E-state index in [2.05, 4.69) is 0 Å². The second kappa shape index (κ2) is 8.29. The summed E-state index contributed by atoms with van der Waals surface area (Å²) in [5.74, 6) is 0.180. The second-order valence-electron chi connectivity index (χ2n) is 8.59. The molecule has 2 aliphatic rings. The molecule has 0 amide bonds. The van der Waals surface area contributed by atoms with Crippen LogP contribution in [0.3, 0.4) is 0 Å². The van der Waals surface area contributed by atoms with E-state index in [4.69, 9.17) is 4.98 Å². The number of aldehydes is 1. The molecule has 0 radical (unpaired) electrons. The van der Waals surface area contributed by atoms with Gasteiger partial charge in [0.15, 0.2) is 0 Å². The van der Waals surface area contributed by atoms with Crippen LogP contribution in [0.15, 0.2) is 102 Å². The second-order valence-corrected chi connectivity index (χ2v) is 8.59. The number of hydrogen-bond acceptors (Lipinski definition) is 4. The van der Waals surface area contributed by atoms with Crippen LogP contribution in [0.1, 0.15) is 44.2 Å². The van der Waals surface area contributed by atoms with E-state index < -0.39 is 0 Å². The fraction of sp³-hybridized carbons (Fsp3) is 0.0667. The van der Waals surface area contributed by atoms with Crippen LogP contribution in [0.4, 0.5) is 0 Å². The van der Waals surface area contributed by atoms with Crippen LogP contribution >= 0.6 is 0 Å². The number of nitrogens with zero attached hydrogens (tertiary/aromatic N) is 2. The molecule has 0 unspecified atom stereocenters. The van der Waals surface area contributed by atoms with Gasteiger partial charge in [-0.3, -0.25) is 19.0 Å². The van der Waals surface area contributed by atoms with Crippen molar-refractivity contribution in [2.75, 3.05) is 0 Å². The Morgan fingerprint density at radius 3 is 1.89 bits per heavy atom. The first-order chi connectivity index (χ1) is 17.2. The molecule has 0 bridgehead atoms. The van der Waals surface area contributed by atoms with E-state index in [0.717, 1.165) is 41.5 Å². The highest BCUT2D eigenvalue weighted by atomic mass is 16.1. The Kier molecular flexibility index (Phi) is 4.96. The summed E-state index contributed by atoms with van der Waals surface area (Å²) in [6.07, 6.45) is 6.03. The maximum absolute atomic E-state index is 13.6. The Morgan fingerprint density at radius 2 is 1.26 bits per heavy atom. The van der Waals surface area contributed by atoms with Crippen molar-refractivity contribution in [1.29, 1.82) is 0 Å². The SMILES string of the molecule is O=Cc1ccc(-c2ccc(-c3nc4c(n3-c3ccccc3)C(=O)C3=CCCC=C3C4=O)cc2)cc1. The van der Waals surface area contributed by atoms with Crippen molar-refractivity contribution in [3.8, 4) is 28.2 Å². The van der Waals surface area contributed by atoms with E-state index in [1.807, 2.05) is 78.9 Å². The molecule has 168 valence electrons. The molecule has 0 spiro atoms. The quantitative estimate of drug-likeness (QED) is 0.351. The largest absolute Gasteiger partial charge is 0.298 e. The van der Waals surface area contributed by atoms with Crippen LogP contribution < -0.4 is 0 Å². The third-order valence-electron chi connectivity index (χ3n) is 6.49. The van der Waals surface area contributed by atoms with Gasteiger partial charge in [0.1, 0.15) is 23.5 Å². The smallest absolute Gasteiger partial charge is 0.214 e. The molecule has 4 aromatic rings. The molecule has 0 atom stereocenters. The van der Waals surface area contributed by atoms with Crippen LogP contribution in [0.2, 0.25) is 0 Å². The van der Waals surface area contributed by atoms with E-state index in [1.54, 1.807) is 16.7 Å². The number of ketones is 2. The van der Waals surface area contributed by atoms with Gasteiger partial charge >= 0.3 is 0 Å². The minimum Gasteiger partial charge on any atom is -0.298 e. The summed E-state index contributed by atoms with van der Waals surface area (Å²) in [6, 6.07) is 24.7. The maximum Gasteiger partial charge on any atom is 0.214 e. The average Bonchev–Trinajstić information content (AvgIpc) is 3.34. The molecule has 3 aromatic carbocycles. The normalized spacial score (nSPS) is 14.6. The lowest BCUT2D eigenvalue weighted by Gasteiger charge is -2.20. The van der Waals surface area contributed by atoms with Gasteiger partial charge in [-0.05, 0) is 36.1 Å². The van der Waals surface area contributed by atoms with Crippen molar-refractivity contribution < 1.29 is 14.4 Å². The van der Waals surface area contributed by atoms with Crippen molar-refractivity contribution in [1.82, 2.24) is 9.55 Å². The summed E-state index contributed by atoms with van der Waals surface area (Å²) in [4.78, 5) is 42.6. The summed E-state index contributed by atoms with van der Waals surface area (Å²) < 4.78 is 1.80. The molecule has 0 aliphatic heterocycles. The zero-order chi connectivity index (χ0) is 23.9. The molecule has 5 heteroatoms. The minimum absolute atomic E-state index is 0.167. The van der Waals surface area contributed by atoms with E-state index in [1.165, 1.54) is 0 Å². The van der Waals surface area contributed by atoms with Gasteiger partial charge in [-0.15, -0.1) is 0 Å². The Balaban J connectivity index is 1.51. The summed E-state index contributed by atoms with van der Waals surface area (Å²) in [7, 11) is 0. The molecule has 1 aromatic heterocycles. The highest BCUT2D eigenvalue weighted by molar-refractivity contribution is 6.30. The standard InChI is InChI=1S/C30H20N2O3/c33-18-19-10-12-20(13-11-19)21-14-16-22(17-15-21)30-31-26-27(32(30)23-6-2-1-3-7-23)29(35)25-9-5-4-8-24(25)28(26)34/h1-3,6-18H,4-5H2. The van der Waals surface area contributed by atoms with Gasteiger partial charge < -0.3 is 0 Å². The summed E-state index contributed by atoms with van der Waals surface area (Å²) in [5, 5.41) is 0. The monoisotopic (exact) mass is 456 g/mol. The number of benzene rings is 3. The number of Topliss-reactive ketones (excluding diaryl/α,β-unsaturated/α-hetero) is 2. The number of para-hydroxylation sites is 1. The van der Waals surface area contributed by atoms with Gasteiger partial charge in [0, 0.05) is 28.0 Å². The highest BCUT2D eigenvalue weighted by Crippen LogP contribution is 2.37. The Morgan fingerprint density at radius 1 is 0.686 bits per heavy atom. The molecule has 0 saturated carbocycles. The molecular formula is C30H20N2O3. The van der Waals surface area contributed by atoms with Crippen molar-refractivity contribution in [2.45, 2.75) is 12.8 Å². The first kappa shape index (κ1) is 20.9. The molecule has 0 saturated heterocycles. The van der Waals surface area contributed by atoms with Crippen LogP contribution in [-0.2, 0) is 0 Å². The van der Waals surface area contributed by atoms with Crippen LogP contribution in [0.5, 0.6) is 0 Å². The number of rotatable bonds is 4. The number of carbonyl (C=O) groups is 3. The average molecular weight is 457 g/mol. The van der Waals surface area contributed by atoms with Crippen LogP contribution in [0.25, 0.3) is 28.2 Å². The topological polar surface area (TPSA) is 69.0 Å². The molecular weight excluding hydrogens is 436 g/mol.